The van der Waals surface area contributed by atoms with E-state index in [1.165, 1.54) is 14.7 Å². The van der Waals surface area contributed by atoms with Crippen LogP contribution in [0.1, 0.15) is 38.2 Å². The molecule has 1 spiro atoms. The van der Waals surface area contributed by atoms with Gasteiger partial charge in [-0.2, -0.15) is 0 Å². The predicted molar refractivity (Wildman–Crippen MR) is 118 cm³/mol. The quantitative estimate of drug-likeness (QED) is 0.700. The van der Waals surface area contributed by atoms with E-state index in [9.17, 15) is 23.9 Å². The molecule has 1 aliphatic carbocycles. The molecule has 1 saturated carbocycles. The maximum Gasteiger partial charge on any atom is 0.410 e. The Bertz CT molecular complexity index is 878. The van der Waals surface area contributed by atoms with Crippen LogP contribution in [0.15, 0.2) is 30.3 Å². The number of halogens is 1. The second-order valence-corrected chi connectivity index (χ2v) is 9.40. The topological polar surface area (TPSA) is 90.4 Å². The largest absolute Gasteiger partial charge is 0.445 e. The van der Waals surface area contributed by atoms with Crippen LogP contribution in [0.4, 0.5) is 9.18 Å². The molecule has 3 amide bonds. The van der Waals surface area contributed by atoms with E-state index in [1.807, 2.05) is 30.3 Å². The van der Waals surface area contributed by atoms with Crippen molar-refractivity contribution in [1.29, 1.82) is 0 Å². The molecule has 0 bridgehead atoms. The molecule has 180 valence electrons. The predicted octanol–water partition coefficient (Wildman–Crippen LogP) is 1.96. The van der Waals surface area contributed by atoms with Gasteiger partial charge in [0, 0.05) is 39.1 Å². The van der Waals surface area contributed by atoms with Crippen LogP contribution < -0.4 is 0 Å². The number of carbonyl (C=O) groups is 3. The van der Waals surface area contributed by atoms with Crippen molar-refractivity contribution in [2.24, 2.45) is 5.41 Å². The van der Waals surface area contributed by atoms with Gasteiger partial charge in [-0.25, -0.2) is 9.18 Å². The zero-order valence-electron chi connectivity index (χ0n) is 19.0. The summed E-state index contributed by atoms with van der Waals surface area (Å²) in [6.45, 7) is 3.04. The van der Waals surface area contributed by atoms with Crippen molar-refractivity contribution in [2.45, 2.75) is 57.5 Å². The minimum absolute atomic E-state index is 0.0485. The smallest absolute Gasteiger partial charge is 0.410 e. The fourth-order valence-electron chi connectivity index (χ4n) is 4.76. The van der Waals surface area contributed by atoms with E-state index in [-0.39, 0.29) is 50.5 Å². The maximum atomic E-state index is 14.7. The van der Waals surface area contributed by atoms with Gasteiger partial charge in [-0.05, 0) is 37.2 Å². The lowest BCUT2D eigenvalue weighted by Crippen LogP contribution is -2.58. The number of likely N-dealkylation sites (tertiary alicyclic amines) is 1. The lowest BCUT2D eigenvalue weighted by molar-refractivity contribution is -0.144. The van der Waals surface area contributed by atoms with Gasteiger partial charge in [-0.15, -0.1) is 0 Å². The zero-order valence-corrected chi connectivity index (χ0v) is 19.0. The highest BCUT2D eigenvalue weighted by Gasteiger charge is 2.52. The molecule has 1 N–H and O–H groups in total. The van der Waals surface area contributed by atoms with Crippen LogP contribution in [-0.2, 0) is 20.9 Å². The van der Waals surface area contributed by atoms with Crippen LogP contribution in [-0.4, -0.2) is 88.8 Å². The summed E-state index contributed by atoms with van der Waals surface area (Å²) >= 11 is 0. The maximum absolute atomic E-state index is 14.7. The second kappa shape index (κ2) is 9.67. The molecular weight excluding hydrogens is 429 g/mol. The minimum Gasteiger partial charge on any atom is -0.445 e. The summed E-state index contributed by atoms with van der Waals surface area (Å²) in [6, 6.07) is 8.57. The molecule has 33 heavy (non-hydrogen) atoms. The van der Waals surface area contributed by atoms with Crippen molar-refractivity contribution in [3.63, 3.8) is 0 Å². The Labute approximate surface area is 193 Å². The number of nitrogens with zero attached hydrogens (tertiary/aromatic N) is 3. The number of carbonyl (C=O) groups excluding carboxylic acids is 3. The highest BCUT2D eigenvalue weighted by Crippen LogP contribution is 2.53. The van der Waals surface area contributed by atoms with Crippen molar-refractivity contribution < 1.29 is 28.6 Å². The van der Waals surface area contributed by atoms with Gasteiger partial charge in [0.25, 0.3) is 5.91 Å². The first-order chi connectivity index (χ1) is 15.8. The van der Waals surface area contributed by atoms with Gasteiger partial charge in [0.05, 0.1) is 6.10 Å². The van der Waals surface area contributed by atoms with E-state index in [0.717, 1.165) is 18.4 Å². The normalized spacial score (nSPS) is 25.2. The molecule has 2 aliphatic heterocycles. The van der Waals surface area contributed by atoms with Gasteiger partial charge < -0.3 is 19.6 Å². The summed E-state index contributed by atoms with van der Waals surface area (Å²) in [6.07, 6.45) is -0.307. The Hall–Kier alpha value is -2.68. The van der Waals surface area contributed by atoms with Gasteiger partial charge in [-0.1, -0.05) is 30.3 Å². The van der Waals surface area contributed by atoms with Crippen molar-refractivity contribution in [1.82, 2.24) is 14.7 Å². The van der Waals surface area contributed by atoms with Crippen molar-refractivity contribution in [3.8, 4) is 0 Å². The molecule has 8 nitrogen and oxygen atoms in total. The van der Waals surface area contributed by atoms with E-state index < -0.39 is 30.3 Å². The number of piperidine rings is 1. The summed E-state index contributed by atoms with van der Waals surface area (Å²) in [5, 5.41) is 10.3. The number of piperazine rings is 1. The molecular formula is C24H32FN3O5. The monoisotopic (exact) mass is 461 g/mol. The van der Waals surface area contributed by atoms with Crippen LogP contribution in [0.2, 0.25) is 0 Å². The number of ether oxygens (including phenoxy) is 1. The first-order valence-corrected chi connectivity index (χ1v) is 11.7. The van der Waals surface area contributed by atoms with Crippen LogP contribution >= 0.6 is 0 Å². The first kappa shape index (κ1) is 23.5. The van der Waals surface area contributed by atoms with Crippen LogP contribution in [0, 0.1) is 5.41 Å². The number of aliphatic hydroxyl groups is 1. The number of rotatable bonds is 6. The third kappa shape index (κ3) is 5.13. The Morgan fingerprint density at radius 1 is 1.18 bits per heavy atom. The van der Waals surface area contributed by atoms with Crippen LogP contribution in [0.3, 0.4) is 0 Å². The molecule has 0 radical (unpaired) electrons. The minimum atomic E-state index is -1.72. The molecule has 2 heterocycles. The summed E-state index contributed by atoms with van der Waals surface area (Å²) in [5.41, 5.74) is 0.809. The lowest BCUT2D eigenvalue weighted by Gasteiger charge is -2.39. The van der Waals surface area contributed by atoms with Gasteiger partial charge in [0.2, 0.25) is 5.91 Å². The molecule has 3 aliphatic rings. The zero-order chi connectivity index (χ0) is 23.6. The number of amides is 3. The standard InChI is InChI=1S/C24H32FN3O5/c1-17-21(30)26(13-14-28(17)23(32)33-16-18-5-3-2-4-6-18)11-7-19(25)22(31)27-12-10-24(8-9-24)20(29)15-27/h2-6,17,19-20,29H,7-16H2,1H3/t17-,19+,20+/m0/s1. The van der Waals surface area contributed by atoms with E-state index in [0.29, 0.717) is 13.0 Å². The fourth-order valence-corrected chi connectivity index (χ4v) is 4.76. The van der Waals surface area contributed by atoms with Gasteiger partial charge in [-0.3, -0.25) is 14.5 Å². The Morgan fingerprint density at radius 3 is 2.58 bits per heavy atom. The number of alkyl halides is 1. The molecule has 2 saturated heterocycles. The average molecular weight is 462 g/mol. The van der Waals surface area contributed by atoms with Crippen molar-refractivity contribution in [2.75, 3.05) is 32.7 Å². The number of β-amino-alcohol motifs (C(OH)–C–C–N with tert-alkyl or cyclic N) is 1. The second-order valence-electron chi connectivity index (χ2n) is 9.40. The highest BCUT2D eigenvalue weighted by atomic mass is 19.1. The first-order valence-electron chi connectivity index (χ1n) is 11.7. The molecule has 1 aromatic rings. The van der Waals surface area contributed by atoms with Crippen molar-refractivity contribution >= 4 is 17.9 Å². The summed E-state index contributed by atoms with van der Waals surface area (Å²) in [5.74, 6) is -0.908. The van der Waals surface area contributed by atoms with Crippen LogP contribution in [0.5, 0.6) is 0 Å². The molecule has 9 heteroatoms. The molecule has 0 aromatic heterocycles. The fraction of sp³-hybridized carbons (Fsp3) is 0.625. The number of hydrogen-bond acceptors (Lipinski definition) is 5. The molecule has 3 atom stereocenters. The van der Waals surface area contributed by atoms with Gasteiger partial charge in [0.15, 0.2) is 6.17 Å². The third-order valence-corrected chi connectivity index (χ3v) is 7.29. The Kier molecular flexibility index (Phi) is 6.88. The van der Waals surface area contributed by atoms with Gasteiger partial charge >= 0.3 is 6.09 Å². The van der Waals surface area contributed by atoms with E-state index in [4.69, 9.17) is 4.74 Å². The molecule has 4 rings (SSSR count). The van der Waals surface area contributed by atoms with E-state index in [2.05, 4.69) is 0 Å². The van der Waals surface area contributed by atoms with E-state index in [1.54, 1.807) is 6.92 Å². The number of hydrogen-bond donors (Lipinski definition) is 1. The SMILES string of the molecule is C[C@H]1C(=O)N(CC[C@@H](F)C(=O)N2CCC3(CC3)[C@H](O)C2)CCN1C(=O)OCc1ccccc1. The Morgan fingerprint density at radius 2 is 1.91 bits per heavy atom. The number of benzene rings is 1. The summed E-state index contributed by atoms with van der Waals surface area (Å²) in [7, 11) is 0. The Balaban J connectivity index is 1.22. The average Bonchev–Trinajstić information content (AvgIpc) is 3.61. The lowest BCUT2D eigenvalue weighted by atomic mass is 9.90. The van der Waals surface area contributed by atoms with Crippen LogP contribution in [0.25, 0.3) is 0 Å². The molecule has 3 fully saturated rings. The highest BCUT2D eigenvalue weighted by molar-refractivity contribution is 5.86. The van der Waals surface area contributed by atoms with Gasteiger partial charge in [0.1, 0.15) is 12.6 Å². The molecule has 0 unspecified atom stereocenters. The van der Waals surface area contributed by atoms with E-state index >= 15 is 0 Å². The summed E-state index contributed by atoms with van der Waals surface area (Å²) in [4.78, 5) is 42.0. The number of aliphatic hydroxyl groups excluding tert-OH is 1. The molecule has 1 aromatic carbocycles. The summed E-state index contributed by atoms with van der Waals surface area (Å²) < 4.78 is 20.0. The van der Waals surface area contributed by atoms with Crippen molar-refractivity contribution in [3.05, 3.63) is 35.9 Å². The third-order valence-electron chi connectivity index (χ3n) is 7.29.